The number of aryl methyl sites for hydroxylation is 1. The molecular formula is C29H34N4O2. The number of amides is 2. The zero-order valence-electron chi connectivity index (χ0n) is 20.5. The monoisotopic (exact) mass is 470 g/mol. The summed E-state index contributed by atoms with van der Waals surface area (Å²) < 4.78 is 2.21. The molecule has 1 atom stereocenters. The van der Waals surface area contributed by atoms with Crippen LogP contribution in [0.15, 0.2) is 42.5 Å². The van der Waals surface area contributed by atoms with E-state index in [2.05, 4.69) is 62.6 Å². The van der Waals surface area contributed by atoms with Gasteiger partial charge in [0.15, 0.2) is 0 Å². The van der Waals surface area contributed by atoms with Crippen LogP contribution in [0.25, 0.3) is 10.9 Å². The maximum Gasteiger partial charge on any atom is 0.239 e. The molecule has 0 unspecified atom stereocenters. The summed E-state index contributed by atoms with van der Waals surface area (Å²) in [6, 6.07) is 14.8. The fourth-order valence-corrected chi connectivity index (χ4v) is 6.82. The average Bonchev–Trinajstić information content (AvgIpc) is 3.35. The molecule has 6 heteroatoms. The Labute approximate surface area is 206 Å². The summed E-state index contributed by atoms with van der Waals surface area (Å²) >= 11 is 0. The number of fused-ring (bicyclic) bond motifs is 3. The Kier molecular flexibility index (Phi) is 5.64. The van der Waals surface area contributed by atoms with E-state index in [0.717, 1.165) is 75.8 Å². The molecule has 0 spiro atoms. The van der Waals surface area contributed by atoms with Gasteiger partial charge in [0, 0.05) is 42.4 Å². The Bertz CT molecular complexity index is 1310. The second kappa shape index (κ2) is 8.83. The third-order valence-corrected chi connectivity index (χ3v) is 8.52. The molecule has 1 aliphatic carbocycles. The standard InChI is InChI=1S/C29H34N4O2/c1-30-26(34)19-33-24-12-3-2-10-21(24)22-13-17-32(18-25(22)33)16-5-4-14-29-15-7-9-20-8-6-11-23(27(20)29)31-28(29)35/h2-3,6,8,10-12H,4-5,7,9,13-19H2,1H3,(H,30,34)(H,31,35)/t29-/m0/s1. The van der Waals surface area contributed by atoms with Crippen LogP contribution in [0.2, 0.25) is 0 Å². The summed E-state index contributed by atoms with van der Waals surface area (Å²) in [5.41, 5.74) is 7.20. The number of nitrogens with one attached hydrogen (secondary N) is 2. The third kappa shape index (κ3) is 3.66. The minimum absolute atomic E-state index is 0.0342. The molecule has 6 nitrogen and oxygen atoms in total. The summed E-state index contributed by atoms with van der Waals surface area (Å²) in [6.07, 6.45) is 7.21. The quantitative estimate of drug-likeness (QED) is 0.510. The van der Waals surface area contributed by atoms with Gasteiger partial charge in [0.1, 0.15) is 6.54 Å². The van der Waals surface area contributed by atoms with E-state index in [4.69, 9.17) is 0 Å². The Balaban J connectivity index is 1.14. The molecule has 0 saturated carbocycles. The van der Waals surface area contributed by atoms with Gasteiger partial charge in [-0.05, 0) is 73.9 Å². The maximum atomic E-state index is 13.1. The minimum Gasteiger partial charge on any atom is -0.358 e. The highest BCUT2D eigenvalue weighted by Crippen LogP contribution is 2.49. The number of carbonyl (C=O) groups is 2. The number of hydrogen-bond donors (Lipinski definition) is 2. The van der Waals surface area contributed by atoms with E-state index in [9.17, 15) is 9.59 Å². The summed E-state index contributed by atoms with van der Waals surface area (Å²) in [5.74, 6) is 0.243. The second-order valence-electron chi connectivity index (χ2n) is 10.4. The van der Waals surface area contributed by atoms with Crippen molar-refractivity contribution in [3.05, 3.63) is 64.8 Å². The third-order valence-electron chi connectivity index (χ3n) is 8.52. The summed E-state index contributed by atoms with van der Waals surface area (Å²) in [4.78, 5) is 27.9. The van der Waals surface area contributed by atoms with Crippen LogP contribution in [0.5, 0.6) is 0 Å². The van der Waals surface area contributed by atoms with Crippen molar-refractivity contribution in [2.45, 2.75) is 63.5 Å². The van der Waals surface area contributed by atoms with Crippen LogP contribution in [-0.4, -0.2) is 41.4 Å². The van der Waals surface area contributed by atoms with Gasteiger partial charge in [0.25, 0.3) is 0 Å². The molecule has 2 aromatic carbocycles. The highest BCUT2D eigenvalue weighted by molar-refractivity contribution is 6.07. The van der Waals surface area contributed by atoms with E-state index in [1.807, 2.05) is 0 Å². The van der Waals surface area contributed by atoms with E-state index >= 15 is 0 Å². The molecule has 0 radical (unpaired) electrons. The van der Waals surface area contributed by atoms with E-state index in [1.165, 1.54) is 27.8 Å². The van der Waals surface area contributed by atoms with Crippen molar-refractivity contribution >= 4 is 28.4 Å². The van der Waals surface area contributed by atoms with Crippen molar-refractivity contribution in [1.29, 1.82) is 0 Å². The number of aromatic nitrogens is 1. The first-order valence-corrected chi connectivity index (χ1v) is 13.1. The topological polar surface area (TPSA) is 66.4 Å². The number of likely N-dealkylation sites (N-methyl/N-ethyl adjacent to an activating group) is 1. The molecule has 0 saturated heterocycles. The molecular weight excluding hydrogens is 436 g/mol. The molecule has 3 heterocycles. The molecule has 3 aromatic rings. The molecule has 2 amide bonds. The van der Waals surface area contributed by atoms with Crippen LogP contribution >= 0.6 is 0 Å². The number of para-hydroxylation sites is 1. The highest BCUT2D eigenvalue weighted by atomic mass is 16.2. The minimum atomic E-state index is -0.320. The Morgan fingerprint density at radius 3 is 2.89 bits per heavy atom. The molecule has 0 fully saturated rings. The number of unbranched alkanes of at least 4 members (excludes halogenated alkanes) is 1. The van der Waals surface area contributed by atoms with E-state index < -0.39 is 0 Å². The van der Waals surface area contributed by atoms with Crippen molar-refractivity contribution in [3.63, 3.8) is 0 Å². The number of carbonyl (C=O) groups excluding carboxylic acids is 2. The van der Waals surface area contributed by atoms with Gasteiger partial charge in [-0.25, -0.2) is 0 Å². The number of anilines is 1. The van der Waals surface area contributed by atoms with Gasteiger partial charge in [0.2, 0.25) is 11.8 Å². The normalized spacial score (nSPS) is 21.0. The van der Waals surface area contributed by atoms with Crippen molar-refractivity contribution in [2.24, 2.45) is 0 Å². The van der Waals surface area contributed by atoms with Crippen LogP contribution in [0.4, 0.5) is 5.69 Å². The summed E-state index contributed by atoms with van der Waals surface area (Å²) in [7, 11) is 1.70. The first-order valence-electron chi connectivity index (χ1n) is 13.1. The molecule has 2 aliphatic heterocycles. The molecule has 2 N–H and O–H groups in total. The smallest absolute Gasteiger partial charge is 0.239 e. The lowest BCUT2D eigenvalue weighted by atomic mass is 9.68. The molecule has 35 heavy (non-hydrogen) atoms. The summed E-state index contributed by atoms with van der Waals surface area (Å²) in [6.45, 7) is 3.30. The first kappa shape index (κ1) is 22.4. The predicted molar refractivity (Wildman–Crippen MR) is 139 cm³/mol. The van der Waals surface area contributed by atoms with Gasteiger partial charge < -0.3 is 15.2 Å². The van der Waals surface area contributed by atoms with E-state index in [-0.39, 0.29) is 17.2 Å². The van der Waals surface area contributed by atoms with Gasteiger partial charge in [-0.3, -0.25) is 14.5 Å². The summed E-state index contributed by atoms with van der Waals surface area (Å²) in [5, 5.41) is 7.23. The second-order valence-corrected chi connectivity index (χ2v) is 10.4. The molecule has 0 bridgehead atoms. The highest BCUT2D eigenvalue weighted by Gasteiger charge is 2.48. The van der Waals surface area contributed by atoms with Crippen LogP contribution in [0.3, 0.4) is 0 Å². The number of nitrogens with zero attached hydrogens (tertiary/aromatic N) is 2. The molecule has 182 valence electrons. The van der Waals surface area contributed by atoms with Gasteiger partial charge >= 0.3 is 0 Å². The van der Waals surface area contributed by atoms with Crippen LogP contribution < -0.4 is 10.6 Å². The number of rotatable bonds is 7. The number of benzene rings is 2. The zero-order valence-corrected chi connectivity index (χ0v) is 20.5. The maximum absolute atomic E-state index is 13.1. The zero-order chi connectivity index (χ0) is 24.0. The molecule has 1 aromatic heterocycles. The Hall–Kier alpha value is -3.12. The fraction of sp³-hybridized carbons (Fsp3) is 0.448. The predicted octanol–water partition coefficient (Wildman–Crippen LogP) is 4.14. The van der Waals surface area contributed by atoms with Crippen LogP contribution in [0, 0.1) is 0 Å². The van der Waals surface area contributed by atoms with Crippen molar-refractivity contribution in [3.8, 4) is 0 Å². The Morgan fingerprint density at radius 1 is 1.11 bits per heavy atom. The van der Waals surface area contributed by atoms with Crippen LogP contribution in [0.1, 0.15) is 54.5 Å². The van der Waals surface area contributed by atoms with Gasteiger partial charge in [-0.2, -0.15) is 0 Å². The lowest BCUT2D eigenvalue weighted by Crippen LogP contribution is -2.37. The van der Waals surface area contributed by atoms with Gasteiger partial charge in [-0.1, -0.05) is 36.8 Å². The molecule has 3 aliphatic rings. The fourth-order valence-electron chi connectivity index (χ4n) is 6.82. The lowest BCUT2D eigenvalue weighted by Gasteiger charge is -2.33. The van der Waals surface area contributed by atoms with E-state index in [0.29, 0.717) is 6.54 Å². The lowest BCUT2D eigenvalue weighted by molar-refractivity contribution is -0.122. The van der Waals surface area contributed by atoms with Crippen molar-refractivity contribution < 1.29 is 9.59 Å². The number of hydrogen-bond acceptors (Lipinski definition) is 3. The Morgan fingerprint density at radius 2 is 2.00 bits per heavy atom. The van der Waals surface area contributed by atoms with Crippen LogP contribution in [-0.2, 0) is 40.9 Å². The van der Waals surface area contributed by atoms with Crippen molar-refractivity contribution in [2.75, 3.05) is 25.5 Å². The SMILES string of the molecule is CNC(=O)Cn1c2c(c3ccccc31)CCN(CCCC[C@]13CCCc4cccc(c41)NC3=O)C2. The average molecular weight is 471 g/mol. The largest absolute Gasteiger partial charge is 0.358 e. The van der Waals surface area contributed by atoms with Gasteiger partial charge in [0.05, 0.1) is 5.41 Å². The van der Waals surface area contributed by atoms with Crippen molar-refractivity contribution in [1.82, 2.24) is 14.8 Å². The first-order chi connectivity index (χ1) is 17.1. The van der Waals surface area contributed by atoms with Gasteiger partial charge in [-0.15, -0.1) is 0 Å². The molecule has 6 rings (SSSR count). The van der Waals surface area contributed by atoms with E-state index in [1.54, 1.807) is 7.05 Å².